The van der Waals surface area contributed by atoms with E-state index in [9.17, 15) is 4.79 Å². The van der Waals surface area contributed by atoms with Crippen molar-refractivity contribution in [3.8, 4) is 0 Å². The number of carbonyl (C=O) groups is 1. The molecule has 1 fully saturated rings. The molecule has 1 saturated heterocycles. The predicted octanol–water partition coefficient (Wildman–Crippen LogP) is 4.48. The Morgan fingerprint density at radius 2 is 1.65 bits per heavy atom. The molecule has 5 heteroatoms. The lowest BCUT2D eigenvalue weighted by molar-refractivity contribution is -0.304. The average Bonchev–Trinajstić information content (AvgIpc) is 2.46. The number of piperidine rings is 1. The fourth-order valence-electron chi connectivity index (χ4n) is 3.35. The molecule has 0 aromatic heterocycles. The van der Waals surface area contributed by atoms with E-state index in [1.165, 1.54) is 7.11 Å². The van der Waals surface area contributed by atoms with E-state index in [0.717, 1.165) is 28.4 Å². The number of rotatable bonds is 4. The second-order valence-corrected chi connectivity index (χ2v) is 8.58. The van der Waals surface area contributed by atoms with Crippen LogP contribution in [0.1, 0.15) is 58.6 Å². The van der Waals surface area contributed by atoms with Crippen LogP contribution in [0.3, 0.4) is 0 Å². The molecular formula is C18H26INO3. The molecule has 1 aliphatic heterocycles. The molecule has 4 nitrogen and oxygen atoms in total. The van der Waals surface area contributed by atoms with Crippen molar-refractivity contribution in [1.82, 2.24) is 5.06 Å². The van der Waals surface area contributed by atoms with E-state index < -0.39 is 6.10 Å². The SMILES string of the molecule is COC(=O)C(ON1C(C)(C)CCCC1(C)C)c1ccc(I)cc1. The largest absolute Gasteiger partial charge is 0.467 e. The van der Waals surface area contributed by atoms with Crippen LogP contribution in [-0.2, 0) is 14.4 Å². The Morgan fingerprint density at radius 1 is 1.13 bits per heavy atom. The van der Waals surface area contributed by atoms with E-state index in [4.69, 9.17) is 9.57 Å². The number of hydroxylamine groups is 2. The standard InChI is InChI=1S/C18H26INO3/c1-17(2)11-6-12-18(3,4)20(17)23-15(16(21)22-5)13-7-9-14(19)10-8-13/h7-10,15H,6,11-12H2,1-5H3. The minimum atomic E-state index is -0.742. The lowest BCUT2D eigenvalue weighted by Gasteiger charge is -2.52. The third kappa shape index (κ3) is 4.25. The summed E-state index contributed by atoms with van der Waals surface area (Å²) in [5.41, 5.74) is 0.559. The molecule has 0 N–H and O–H groups in total. The van der Waals surface area contributed by atoms with Crippen molar-refractivity contribution in [2.24, 2.45) is 0 Å². The number of benzene rings is 1. The zero-order chi connectivity index (χ0) is 17.3. The molecule has 1 unspecified atom stereocenters. The van der Waals surface area contributed by atoms with E-state index in [1.807, 2.05) is 29.3 Å². The topological polar surface area (TPSA) is 38.8 Å². The van der Waals surface area contributed by atoms with E-state index in [2.05, 4.69) is 50.3 Å². The Labute approximate surface area is 152 Å². The summed E-state index contributed by atoms with van der Waals surface area (Å²) in [5.74, 6) is -0.372. The number of halogens is 1. The van der Waals surface area contributed by atoms with Crippen LogP contribution in [0.4, 0.5) is 0 Å². The van der Waals surface area contributed by atoms with Crippen molar-refractivity contribution < 1.29 is 14.4 Å². The van der Waals surface area contributed by atoms with E-state index in [0.29, 0.717) is 0 Å². The highest BCUT2D eigenvalue weighted by atomic mass is 127. The molecule has 1 aliphatic rings. The van der Waals surface area contributed by atoms with Crippen LogP contribution < -0.4 is 0 Å². The van der Waals surface area contributed by atoms with Gasteiger partial charge in [0, 0.05) is 14.6 Å². The normalized spacial score (nSPS) is 21.7. The number of nitrogens with zero attached hydrogens (tertiary/aromatic N) is 1. The van der Waals surface area contributed by atoms with Crippen molar-refractivity contribution in [2.45, 2.75) is 64.1 Å². The zero-order valence-corrected chi connectivity index (χ0v) is 16.7. The van der Waals surface area contributed by atoms with Gasteiger partial charge < -0.3 is 4.74 Å². The Balaban J connectivity index is 2.33. The average molecular weight is 431 g/mol. The molecule has 0 radical (unpaired) electrons. The molecule has 0 aliphatic carbocycles. The molecule has 0 bridgehead atoms. The fourth-order valence-corrected chi connectivity index (χ4v) is 3.71. The second-order valence-electron chi connectivity index (χ2n) is 7.33. The molecule has 128 valence electrons. The molecule has 0 amide bonds. The molecule has 23 heavy (non-hydrogen) atoms. The number of methoxy groups -OCH3 is 1. The summed E-state index contributed by atoms with van der Waals surface area (Å²) in [4.78, 5) is 18.6. The van der Waals surface area contributed by atoms with Gasteiger partial charge in [0.25, 0.3) is 0 Å². The van der Waals surface area contributed by atoms with Crippen LogP contribution >= 0.6 is 22.6 Å². The number of carbonyl (C=O) groups excluding carboxylic acids is 1. The van der Waals surface area contributed by atoms with Crippen LogP contribution in [0.2, 0.25) is 0 Å². The highest BCUT2D eigenvalue weighted by Crippen LogP contribution is 2.40. The van der Waals surface area contributed by atoms with Gasteiger partial charge in [-0.2, -0.15) is 5.06 Å². The first-order chi connectivity index (χ1) is 10.7. The molecule has 0 spiro atoms. The maximum Gasteiger partial charge on any atom is 0.341 e. The molecule has 1 heterocycles. The van der Waals surface area contributed by atoms with Gasteiger partial charge in [0.2, 0.25) is 6.10 Å². The van der Waals surface area contributed by atoms with Gasteiger partial charge >= 0.3 is 5.97 Å². The van der Waals surface area contributed by atoms with Crippen molar-refractivity contribution in [2.75, 3.05) is 7.11 Å². The van der Waals surface area contributed by atoms with E-state index in [1.54, 1.807) is 0 Å². The Hall–Kier alpha value is -0.660. The van der Waals surface area contributed by atoms with Crippen LogP contribution in [-0.4, -0.2) is 29.2 Å². The monoisotopic (exact) mass is 431 g/mol. The lowest BCUT2D eigenvalue weighted by Crippen LogP contribution is -2.58. The van der Waals surface area contributed by atoms with Crippen molar-refractivity contribution >= 4 is 28.6 Å². The van der Waals surface area contributed by atoms with Crippen LogP contribution in [0.5, 0.6) is 0 Å². The van der Waals surface area contributed by atoms with Gasteiger partial charge in [-0.25, -0.2) is 4.79 Å². The first-order valence-electron chi connectivity index (χ1n) is 7.98. The minimum absolute atomic E-state index is 0.128. The van der Waals surface area contributed by atoms with Crippen LogP contribution in [0, 0.1) is 3.57 Å². The smallest absolute Gasteiger partial charge is 0.341 e. The first kappa shape index (κ1) is 18.7. The maximum atomic E-state index is 12.3. The fraction of sp³-hybridized carbons (Fsp3) is 0.611. The lowest BCUT2D eigenvalue weighted by atomic mass is 9.82. The van der Waals surface area contributed by atoms with Gasteiger partial charge in [0.05, 0.1) is 7.11 Å². The Morgan fingerprint density at radius 3 is 2.13 bits per heavy atom. The summed E-state index contributed by atoms with van der Waals surface area (Å²) in [5, 5.41) is 2.00. The molecule has 0 saturated carbocycles. The highest BCUT2D eigenvalue weighted by molar-refractivity contribution is 14.1. The van der Waals surface area contributed by atoms with Crippen molar-refractivity contribution in [3.05, 3.63) is 33.4 Å². The summed E-state index contributed by atoms with van der Waals surface area (Å²) < 4.78 is 6.10. The maximum absolute atomic E-state index is 12.3. The zero-order valence-electron chi connectivity index (χ0n) is 14.6. The predicted molar refractivity (Wildman–Crippen MR) is 98.8 cm³/mol. The van der Waals surface area contributed by atoms with Crippen LogP contribution in [0.15, 0.2) is 24.3 Å². The van der Waals surface area contributed by atoms with Crippen molar-refractivity contribution in [3.63, 3.8) is 0 Å². The number of hydrogen-bond donors (Lipinski definition) is 0. The molecule has 1 aromatic carbocycles. The summed E-state index contributed by atoms with van der Waals surface area (Å²) in [6.45, 7) is 8.65. The van der Waals surface area contributed by atoms with E-state index >= 15 is 0 Å². The van der Waals surface area contributed by atoms with Gasteiger partial charge in [-0.15, -0.1) is 0 Å². The van der Waals surface area contributed by atoms with Crippen molar-refractivity contribution in [1.29, 1.82) is 0 Å². The third-order valence-corrected chi connectivity index (χ3v) is 5.19. The second kappa shape index (κ2) is 7.07. The third-order valence-electron chi connectivity index (χ3n) is 4.48. The number of ether oxygens (including phenoxy) is 1. The highest BCUT2D eigenvalue weighted by Gasteiger charge is 2.44. The van der Waals surface area contributed by atoms with Gasteiger partial charge in [-0.1, -0.05) is 12.1 Å². The molecule has 2 rings (SSSR count). The first-order valence-corrected chi connectivity index (χ1v) is 9.06. The molecule has 1 atom stereocenters. The van der Waals surface area contributed by atoms with Gasteiger partial charge in [-0.3, -0.25) is 4.84 Å². The molecular weight excluding hydrogens is 405 g/mol. The van der Waals surface area contributed by atoms with Gasteiger partial charge in [0.1, 0.15) is 0 Å². The quantitative estimate of drug-likeness (QED) is 0.521. The van der Waals surface area contributed by atoms with Crippen LogP contribution in [0.25, 0.3) is 0 Å². The molecule has 1 aromatic rings. The minimum Gasteiger partial charge on any atom is -0.467 e. The number of esters is 1. The summed E-state index contributed by atoms with van der Waals surface area (Å²) in [7, 11) is 1.40. The Bertz CT molecular complexity index is 538. The Kier molecular flexibility index (Phi) is 5.74. The van der Waals surface area contributed by atoms with Gasteiger partial charge in [0.15, 0.2) is 0 Å². The summed E-state index contributed by atoms with van der Waals surface area (Å²) in [6.07, 6.45) is 2.49. The summed E-state index contributed by atoms with van der Waals surface area (Å²) in [6, 6.07) is 7.80. The summed E-state index contributed by atoms with van der Waals surface area (Å²) >= 11 is 2.25. The number of hydrogen-bond acceptors (Lipinski definition) is 4. The van der Waals surface area contributed by atoms with Gasteiger partial charge in [-0.05, 0) is 87.2 Å². The van der Waals surface area contributed by atoms with E-state index in [-0.39, 0.29) is 17.0 Å².